The summed E-state index contributed by atoms with van der Waals surface area (Å²) >= 11 is 0. The van der Waals surface area contributed by atoms with Gasteiger partial charge in [0.05, 0.1) is 18.9 Å². The van der Waals surface area contributed by atoms with Crippen molar-refractivity contribution < 1.29 is 9.53 Å². The van der Waals surface area contributed by atoms with Gasteiger partial charge in [-0.3, -0.25) is 9.69 Å². The van der Waals surface area contributed by atoms with E-state index in [1.165, 1.54) is 0 Å². The monoisotopic (exact) mass is 292 g/mol. The van der Waals surface area contributed by atoms with Crippen LogP contribution in [0.3, 0.4) is 0 Å². The van der Waals surface area contributed by atoms with Crippen molar-refractivity contribution in [1.29, 1.82) is 0 Å². The van der Waals surface area contributed by atoms with Gasteiger partial charge in [-0.15, -0.1) is 0 Å². The van der Waals surface area contributed by atoms with Crippen LogP contribution in [-0.2, 0) is 4.74 Å². The summed E-state index contributed by atoms with van der Waals surface area (Å²) in [5.41, 5.74) is 7.18. The minimum Gasteiger partial charge on any atom is -0.397 e. The predicted molar refractivity (Wildman–Crippen MR) is 81.3 cm³/mol. The van der Waals surface area contributed by atoms with Crippen LogP contribution in [0.2, 0.25) is 0 Å². The number of hydrogen-bond donors (Lipinski definition) is 2. The lowest BCUT2D eigenvalue weighted by molar-refractivity contribution is 0.0342. The molecular formula is C15H24N4O2. The number of morpholine rings is 1. The highest BCUT2D eigenvalue weighted by Crippen LogP contribution is 2.37. The van der Waals surface area contributed by atoms with E-state index in [1.807, 2.05) is 17.7 Å². The molecule has 21 heavy (non-hydrogen) atoms. The molecule has 2 heterocycles. The molecule has 6 nitrogen and oxygen atoms in total. The Morgan fingerprint density at radius 2 is 2.19 bits per heavy atom. The van der Waals surface area contributed by atoms with Crippen molar-refractivity contribution >= 4 is 11.6 Å². The Morgan fingerprint density at radius 1 is 1.48 bits per heavy atom. The lowest BCUT2D eigenvalue weighted by Crippen LogP contribution is -2.46. The normalized spacial score (nSPS) is 21.2. The smallest absolute Gasteiger partial charge is 0.268 e. The number of nitrogen functional groups attached to an aromatic ring is 1. The number of amides is 1. The number of ether oxygens (including phenoxy) is 1. The molecule has 116 valence electrons. The van der Waals surface area contributed by atoms with Crippen molar-refractivity contribution in [3.8, 4) is 0 Å². The molecule has 3 rings (SSSR count). The van der Waals surface area contributed by atoms with Crippen molar-refractivity contribution in [3.05, 3.63) is 18.0 Å². The third-order valence-electron chi connectivity index (χ3n) is 4.06. The second kappa shape index (κ2) is 6.07. The SMILES string of the molecule is CC(CN1CCOCC1)NC(=O)c1cc(N)cn1C1CC1. The molecule has 1 saturated carbocycles. The fraction of sp³-hybridized carbons (Fsp3) is 0.667. The molecule has 6 heteroatoms. The average Bonchev–Trinajstić information content (AvgIpc) is 3.22. The highest BCUT2D eigenvalue weighted by molar-refractivity contribution is 5.94. The van der Waals surface area contributed by atoms with Crippen molar-refractivity contribution in [2.24, 2.45) is 0 Å². The molecule has 1 aliphatic heterocycles. The first-order valence-corrected chi connectivity index (χ1v) is 7.72. The number of anilines is 1. The van der Waals surface area contributed by atoms with Crippen LogP contribution in [0, 0.1) is 0 Å². The Hall–Kier alpha value is -1.53. The highest BCUT2D eigenvalue weighted by atomic mass is 16.5. The molecule has 1 aromatic heterocycles. The molecule has 0 bridgehead atoms. The molecule has 2 fully saturated rings. The minimum atomic E-state index is -0.0284. The first-order valence-electron chi connectivity index (χ1n) is 7.72. The molecule has 3 N–H and O–H groups in total. The van der Waals surface area contributed by atoms with Crippen molar-refractivity contribution in [2.45, 2.75) is 31.8 Å². The summed E-state index contributed by atoms with van der Waals surface area (Å²) in [5, 5.41) is 3.08. The number of aromatic nitrogens is 1. The standard InChI is InChI=1S/C15H24N4O2/c1-11(9-18-4-6-21-7-5-18)17-15(20)14-8-12(16)10-19(14)13-2-3-13/h8,10-11,13H,2-7,9,16H2,1H3,(H,17,20). The first-order chi connectivity index (χ1) is 10.1. The Bertz CT molecular complexity index is 504. The van der Waals surface area contributed by atoms with Crippen molar-refractivity contribution in [1.82, 2.24) is 14.8 Å². The molecule has 1 aromatic rings. The zero-order chi connectivity index (χ0) is 14.8. The zero-order valence-corrected chi connectivity index (χ0v) is 12.5. The quantitative estimate of drug-likeness (QED) is 0.844. The number of carbonyl (C=O) groups excluding carboxylic acids is 1. The van der Waals surface area contributed by atoms with Crippen LogP contribution in [-0.4, -0.2) is 54.3 Å². The van der Waals surface area contributed by atoms with Gasteiger partial charge >= 0.3 is 0 Å². The van der Waals surface area contributed by atoms with Gasteiger partial charge in [-0.25, -0.2) is 0 Å². The first kappa shape index (κ1) is 14.4. The Kier molecular flexibility index (Phi) is 4.17. The number of carbonyl (C=O) groups is 1. The van der Waals surface area contributed by atoms with Crippen LogP contribution in [0.4, 0.5) is 5.69 Å². The van der Waals surface area contributed by atoms with E-state index in [9.17, 15) is 4.79 Å². The topological polar surface area (TPSA) is 72.5 Å². The molecule has 0 aromatic carbocycles. The minimum absolute atomic E-state index is 0.0284. The molecule has 0 spiro atoms. The van der Waals surface area contributed by atoms with Gasteiger partial charge < -0.3 is 20.4 Å². The fourth-order valence-corrected chi connectivity index (χ4v) is 2.85. The maximum atomic E-state index is 12.4. The highest BCUT2D eigenvalue weighted by Gasteiger charge is 2.28. The molecule has 1 unspecified atom stereocenters. The van der Waals surface area contributed by atoms with E-state index in [1.54, 1.807) is 6.07 Å². The van der Waals surface area contributed by atoms with E-state index in [0.717, 1.165) is 45.7 Å². The number of nitrogens with one attached hydrogen (secondary N) is 1. The summed E-state index contributed by atoms with van der Waals surface area (Å²) in [5.74, 6) is -0.0284. The molecule has 2 aliphatic rings. The van der Waals surface area contributed by atoms with Gasteiger partial charge in [-0.05, 0) is 25.8 Å². The molecule has 1 saturated heterocycles. The van der Waals surface area contributed by atoms with E-state index in [-0.39, 0.29) is 11.9 Å². The maximum Gasteiger partial charge on any atom is 0.268 e. The molecule has 0 radical (unpaired) electrons. The van der Waals surface area contributed by atoms with E-state index in [2.05, 4.69) is 10.2 Å². The number of nitrogens with two attached hydrogens (primary N) is 1. The molecule has 1 aliphatic carbocycles. The van der Waals surface area contributed by atoms with E-state index < -0.39 is 0 Å². The van der Waals surface area contributed by atoms with Crippen molar-refractivity contribution in [2.75, 3.05) is 38.6 Å². The molecule has 1 amide bonds. The van der Waals surface area contributed by atoms with Crippen LogP contribution in [0.5, 0.6) is 0 Å². The summed E-state index contributed by atoms with van der Waals surface area (Å²) in [6.07, 6.45) is 4.15. The average molecular weight is 292 g/mol. The van der Waals surface area contributed by atoms with Crippen LogP contribution in [0.1, 0.15) is 36.3 Å². The van der Waals surface area contributed by atoms with E-state index in [0.29, 0.717) is 17.4 Å². The van der Waals surface area contributed by atoms with E-state index in [4.69, 9.17) is 10.5 Å². The lowest BCUT2D eigenvalue weighted by atomic mass is 10.2. The number of rotatable bonds is 5. The third-order valence-corrected chi connectivity index (χ3v) is 4.06. The van der Waals surface area contributed by atoms with Gasteiger partial charge in [-0.2, -0.15) is 0 Å². The second-order valence-corrected chi connectivity index (χ2v) is 6.08. The maximum absolute atomic E-state index is 12.4. The summed E-state index contributed by atoms with van der Waals surface area (Å²) in [6, 6.07) is 2.34. The van der Waals surface area contributed by atoms with Gasteiger partial charge in [0.15, 0.2) is 0 Å². The Balaban J connectivity index is 1.57. The van der Waals surface area contributed by atoms with Crippen LogP contribution < -0.4 is 11.1 Å². The van der Waals surface area contributed by atoms with Crippen LogP contribution in [0.25, 0.3) is 0 Å². The van der Waals surface area contributed by atoms with E-state index >= 15 is 0 Å². The van der Waals surface area contributed by atoms with Crippen LogP contribution in [0.15, 0.2) is 12.3 Å². The Labute approximate surface area is 125 Å². The van der Waals surface area contributed by atoms with Gasteiger partial charge in [0, 0.05) is 37.9 Å². The van der Waals surface area contributed by atoms with Crippen LogP contribution >= 0.6 is 0 Å². The fourth-order valence-electron chi connectivity index (χ4n) is 2.85. The largest absolute Gasteiger partial charge is 0.397 e. The number of nitrogens with zero attached hydrogens (tertiary/aromatic N) is 2. The van der Waals surface area contributed by atoms with Gasteiger partial charge in [-0.1, -0.05) is 0 Å². The molecule has 1 atom stereocenters. The summed E-state index contributed by atoms with van der Waals surface area (Å²) in [4.78, 5) is 14.8. The Morgan fingerprint density at radius 3 is 2.86 bits per heavy atom. The third kappa shape index (κ3) is 3.57. The van der Waals surface area contributed by atoms with Gasteiger partial charge in [0.25, 0.3) is 5.91 Å². The van der Waals surface area contributed by atoms with Gasteiger partial charge in [0.1, 0.15) is 5.69 Å². The zero-order valence-electron chi connectivity index (χ0n) is 12.5. The van der Waals surface area contributed by atoms with Gasteiger partial charge in [0.2, 0.25) is 0 Å². The summed E-state index contributed by atoms with van der Waals surface area (Å²) < 4.78 is 7.36. The second-order valence-electron chi connectivity index (χ2n) is 6.08. The summed E-state index contributed by atoms with van der Waals surface area (Å²) in [6.45, 7) is 6.33. The summed E-state index contributed by atoms with van der Waals surface area (Å²) in [7, 11) is 0. The lowest BCUT2D eigenvalue weighted by Gasteiger charge is -2.29. The number of hydrogen-bond acceptors (Lipinski definition) is 4. The predicted octanol–water partition coefficient (Wildman–Crippen LogP) is 0.856. The molecular weight excluding hydrogens is 268 g/mol. The van der Waals surface area contributed by atoms with Crippen molar-refractivity contribution in [3.63, 3.8) is 0 Å².